The molecule has 1 aromatic rings. The molecule has 3 rings (SSSR count). The summed E-state index contributed by atoms with van der Waals surface area (Å²) in [5.74, 6) is 0.770. The van der Waals surface area contributed by atoms with Crippen LogP contribution in [0.15, 0.2) is 0 Å². The van der Waals surface area contributed by atoms with Gasteiger partial charge in [0.05, 0.1) is 5.69 Å². The summed E-state index contributed by atoms with van der Waals surface area (Å²) in [4.78, 5) is 0. The predicted molar refractivity (Wildman–Crippen MR) is 59.9 cm³/mol. The van der Waals surface area contributed by atoms with Crippen LogP contribution in [0.5, 0.6) is 0 Å². The molecule has 2 heterocycles. The van der Waals surface area contributed by atoms with Crippen LogP contribution in [0.2, 0.25) is 0 Å². The molecule has 0 spiro atoms. The maximum absolute atomic E-state index is 4.81. The molecule has 1 aliphatic carbocycles. The van der Waals surface area contributed by atoms with Gasteiger partial charge in [0.15, 0.2) is 0 Å². The third-order valence-electron chi connectivity index (χ3n) is 3.83. The molecule has 1 N–H and O–H groups in total. The van der Waals surface area contributed by atoms with E-state index in [1.165, 1.54) is 36.2 Å². The molecule has 0 atom stereocenters. The van der Waals surface area contributed by atoms with Gasteiger partial charge in [0.25, 0.3) is 0 Å². The standard InChI is InChI=1S/C12H19N3/c1-2-15-11-6-7-13-8-10(11)12(14-15)9-4-3-5-9/h9,13H,2-8H2,1H3. The van der Waals surface area contributed by atoms with E-state index in [0.717, 1.165) is 32.0 Å². The molecular formula is C12H19N3. The van der Waals surface area contributed by atoms with Gasteiger partial charge in [-0.1, -0.05) is 6.42 Å². The van der Waals surface area contributed by atoms with Crippen molar-refractivity contribution in [1.29, 1.82) is 0 Å². The highest BCUT2D eigenvalue weighted by molar-refractivity contribution is 5.32. The summed E-state index contributed by atoms with van der Waals surface area (Å²) in [6, 6.07) is 0. The lowest BCUT2D eigenvalue weighted by Gasteiger charge is -2.25. The number of nitrogens with one attached hydrogen (secondary N) is 1. The van der Waals surface area contributed by atoms with Crippen molar-refractivity contribution in [2.75, 3.05) is 6.54 Å². The molecule has 1 fully saturated rings. The van der Waals surface area contributed by atoms with Crippen LogP contribution < -0.4 is 5.32 Å². The Morgan fingerprint density at radius 3 is 3.00 bits per heavy atom. The number of nitrogens with zero attached hydrogens (tertiary/aromatic N) is 2. The molecule has 3 heteroatoms. The fraction of sp³-hybridized carbons (Fsp3) is 0.750. The van der Waals surface area contributed by atoms with E-state index in [4.69, 9.17) is 5.10 Å². The van der Waals surface area contributed by atoms with Crippen LogP contribution >= 0.6 is 0 Å². The lowest BCUT2D eigenvalue weighted by atomic mass is 9.81. The number of hydrogen-bond acceptors (Lipinski definition) is 2. The zero-order chi connectivity index (χ0) is 10.3. The Kier molecular flexibility index (Phi) is 2.28. The summed E-state index contributed by atoms with van der Waals surface area (Å²) < 4.78 is 2.23. The summed E-state index contributed by atoms with van der Waals surface area (Å²) in [7, 11) is 0. The Morgan fingerprint density at radius 2 is 2.33 bits per heavy atom. The molecule has 15 heavy (non-hydrogen) atoms. The Balaban J connectivity index is 2.01. The third-order valence-corrected chi connectivity index (χ3v) is 3.83. The normalized spacial score (nSPS) is 21.1. The summed E-state index contributed by atoms with van der Waals surface area (Å²) in [5, 5.41) is 8.28. The molecule has 0 unspecified atom stereocenters. The van der Waals surface area contributed by atoms with Gasteiger partial charge < -0.3 is 5.32 Å². The molecule has 0 radical (unpaired) electrons. The summed E-state index contributed by atoms with van der Waals surface area (Å²) in [6.07, 6.45) is 5.26. The molecule has 2 aliphatic rings. The van der Waals surface area contributed by atoms with E-state index in [1.54, 1.807) is 0 Å². The van der Waals surface area contributed by atoms with Crippen LogP contribution in [0, 0.1) is 0 Å². The Hall–Kier alpha value is -0.830. The molecule has 0 bridgehead atoms. The topological polar surface area (TPSA) is 29.9 Å². The number of fused-ring (bicyclic) bond motifs is 1. The maximum Gasteiger partial charge on any atom is 0.0703 e. The van der Waals surface area contributed by atoms with Gasteiger partial charge in [0, 0.05) is 43.2 Å². The molecule has 0 amide bonds. The number of hydrogen-bond donors (Lipinski definition) is 1. The third kappa shape index (κ3) is 1.41. The average Bonchev–Trinajstić information content (AvgIpc) is 2.55. The fourth-order valence-corrected chi connectivity index (χ4v) is 2.72. The lowest BCUT2D eigenvalue weighted by Crippen LogP contribution is -2.25. The molecular weight excluding hydrogens is 186 g/mol. The minimum Gasteiger partial charge on any atom is -0.312 e. The van der Waals surface area contributed by atoms with Gasteiger partial charge in [0.2, 0.25) is 0 Å². The maximum atomic E-state index is 4.81. The van der Waals surface area contributed by atoms with E-state index in [0.29, 0.717) is 0 Å². The number of rotatable bonds is 2. The van der Waals surface area contributed by atoms with Crippen LogP contribution in [-0.4, -0.2) is 16.3 Å². The molecule has 1 aromatic heterocycles. The fourth-order valence-electron chi connectivity index (χ4n) is 2.72. The second-order valence-electron chi connectivity index (χ2n) is 4.68. The second kappa shape index (κ2) is 3.63. The Morgan fingerprint density at radius 1 is 1.47 bits per heavy atom. The van der Waals surface area contributed by atoms with Gasteiger partial charge in [-0.2, -0.15) is 5.10 Å². The van der Waals surface area contributed by atoms with Crippen LogP contribution in [-0.2, 0) is 19.5 Å². The molecule has 82 valence electrons. The number of aromatic nitrogens is 2. The summed E-state index contributed by atoms with van der Waals surface area (Å²) >= 11 is 0. The van der Waals surface area contributed by atoms with Gasteiger partial charge in [-0.15, -0.1) is 0 Å². The molecule has 1 saturated carbocycles. The van der Waals surface area contributed by atoms with Crippen molar-refractivity contribution in [3.05, 3.63) is 17.0 Å². The van der Waals surface area contributed by atoms with Crippen LogP contribution in [0.4, 0.5) is 0 Å². The van der Waals surface area contributed by atoms with Crippen LogP contribution in [0.3, 0.4) is 0 Å². The van der Waals surface area contributed by atoms with E-state index in [2.05, 4.69) is 16.9 Å². The van der Waals surface area contributed by atoms with E-state index >= 15 is 0 Å². The highest BCUT2D eigenvalue weighted by Crippen LogP contribution is 2.38. The quantitative estimate of drug-likeness (QED) is 0.798. The monoisotopic (exact) mass is 205 g/mol. The van der Waals surface area contributed by atoms with Crippen LogP contribution in [0.25, 0.3) is 0 Å². The first-order valence-corrected chi connectivity index (χ1v) is 6.19. The molecule has 0 saturated heterocycles. The van der Waals surface area contributed by atoms with Gasteiger partial charge in [-0.05, 0) is 19.8 Å². The molecule has 0 aromatic carbocycles. The van der Waals surface area contributed by atoms with Crippen molar-refractivity contribution in [2.45, 2.75) is 51.6 Å². The molecule has 1 aliphatic heterocycles. The summed E-state index contributed by atoms with van der Waals surface area (Å²) in [5.41, 5.74) is 4.43. The van der Waals surface area contributed by atoms with E-state index in [1.807, 2.05) is 0 Å². The molecule has 3 nitrogen and oxygen atoms in total. The van der Waals surface area contributed by atoms with Gasteiger partial charge in [-0.25, -0.2) is 0 Å². The van der Waals surface area contributed by atoms with Crippen molar-refractivity contribution in [1.82, 2.24) is 15.1 Å². The smallest absolute Gasteiger partial charge is 0.0703 e. The minimum atomic E-state index is 0.770. The largest absolute Gasteiger partial charge is 0.312 e. The first-order valence-electron chi connectivity index (χ1n) is 6.19. The number of aryl methyl sites for hydroxylation is 1. The zero-order valence-corrected chi connectivity index (χ0v) is 9.42. The van der Waals surface area contributed by atoms with E-state index < -0.39 is 0 Å². The highest BCUT2D eigenvalue weighted by atomic mass is 15.3. The van der Waals surface area contributed by atoms with E-state index in [-0.39, 0.29) is 0 Å². The van der Waals surface area contributed by atoms with Crippen molar-refractivity contribution < 1.29 is 0 Å². The van der Waals surface area contributed by atoms with Crippen LogP contribution in [0.1, 0.15) is 49.1 Å². The zero-order valence-electron chi connectivity index (χ0n) is 9.42. The highest BCUT2D eigenvalue weighted by Gasteiger charge is 2.28. The van der Waals surface area contributed by atoms with E-state index in [9.17, 15) is 0 Å². The Labute approximate surface area is 90.9 Å². The van der Waals surface area contributed by atoms with Crippen molar-refractivity contribution in [3.8, 4) is 0 Å². The van der Waals surface area contributed by atoms with Crippen molar-refractivity contribution in [3.63, 3.8) is 0 Å². The first kappa shape index (κ1) is 9.40. The first-order chi connectivity index (χ1) is 7.40. The Bertz CT molecular complexity index is 363. The van der Waals surface area contributed by atoms with Gasteiger partial charge in [0.1, 0.15) is 0 Å². The lowest BCUT2D eigenvalue weighted by molar-refractivity contribution is 0.403. The SMILES string of the molecule is CCn1nc(C2CCC2)c2c1CCNC2. The second-order valence-corrected chi connectivity index (χ2v) is 4.68. The summed E-state index contributed by atoms with van der Waals surface area (Å²) in [6.45, 7) is 5.37. The van der Waals surface area contributed by atoms with Gasteiger partial charge >= 0.3 is 0 Å². The van der Waals surface area contributed by atoms with Gasteiger partial charge in [-0.3, -0.25) is 4.68 Å². The minimum absolute atomic E-state index is 0.770. The average molecular weight is 205 g/mol. The predicted octanol–water partition coefficient (Wildman–Crippen LogP) is 1.82. The van der Waals surface area contributed by atoms with Crippen molar-refractivity contribution >= 4 is 0 Å². The van der Waals surface area contributed by atoms with Crippen molar-refractivity contribution in [2.24, 2.45) is 0 Å².